The largest absolute Gasteiger partial charge is 0.382 e. The highest BCUT2D eigenvalue weighted by Crippen LogP contribution is 2.24. The third-order valence-electron chi connectivity index (χ3n) is 4.50. The maximum atomic E-state index is 12.6. The summed E-state index contributed by atoms with van der Waals surface area (Å²) in [6.45, 7) is 3.40. The number of aliphatic hydroxyl groups is 1. The molecular weight excluding hydrogens is 330 g/mol. The van der Waals surface area contributed by atoms with E-state index >= 15 is 0 Å². The second-order valence-corrected chi connectivity index (χ2v) is 6.37. The van der Waals surface area contributed by atoms with Crippen molar-refractivity contribution in [2.75, 3.05) is 6.54 Å². The Hall–Kier alpha value is -3.06. The Labute approximate surface area is 150 Å². The van der Waals surface area contributed by atoms with E-state index in [0.717, 1.165) is 17.0 Å². The molecule has 3 aromatic rings. The number of rotatable bonds is 3. The summed E-state index contributed by atoms with van der Waals surface area (Å²) in [6, 6.07) is 11.3. The maximum absolute atomic E-state index is 12.6. The first-order valence-corrected chi connectivity index (χ1v) is 8.49. The Bertz CT molecular complexity index is 921. The predicted octanol–water partition coefficient (Wildman–Crippen LogP) is 1.72. The zero-order valence-corrected chi connectivity index (χ0v) is 14.4. The molecule has 0 radical (unpaired) electrons. The number of amides is 1. The number of fused-ring (bicyclic) bond motifs is 1. The van der Waals surface area contributed by atoms with Crippen LogP contribution in [0.4, 0.5) is 0 Å². The lowest BCUT2D eigenvalue weighted by Gasteiger charge is -2.27. The molecule has 0 fully saturated rings. The summed E-state index contributed by atoms with van der Waals surface area (Å²) in [7, 11) is 0. The molecule has 1 amide bonds. The van der Waals surface area contributed by atoms with E-state index in [1.807, 2.05) is 48.0 Å². The Kier molecular flexibility index (Phi) is 4.22. The van der Waals surface area contributed by atoms with Crippen LogP contribution in [-0.2, 0) is 13.1 Å². The molecule has 0 bridgehead atoms. The summed E-state index contributed by atoms with van der Waals surface area (Å²) in [5.41, 5.74) is 3.40. The summed E-state index contributed by atoms with van der Waals surface area (Å²) in [5, 5.41) is 15.1. The van der Waals surface area contributed by atoms with E-state index in [4.69, 9.17) is 0 Å². The van der Waals surface area contributed by atoms with E-state index in [0.29, 0.717) is 31.0 Å². The zero-order chi connectivity index (χ0) is 18.1. The standard InChI is InChI=1S/C19H19N5O2/c1-13-10-21-17(11-20-13)19(26)23-7-8-24-15(12-23)9-16(22-24)18(25)14-5-3-2-4-6-14/h2-6,9-11,18,25H,7-8,12H2,1H3. The highest BCUT2D eigenvalue weighted by Gasteiger charge is 2.25. The monoisotopic (exact) mass is 349 g/mol. The average Bonchev–Trinajstić information content (AvgIpc) is 3.11. The van der Waals surface area contributed by atoms with Crippen LogP contribution >= 0.6 is 0 Å². The fourth-order valence-corrected chi connectivity index (χ4v) is 3.07. The Morgan fingerprint density at radius 2 is 1.96 bits per heavy atom. The number of nitrogens with zero attached hydrogens (tertiary/aromatic N) is 5. The molecule has 1 atom stereocenters. The van der Waals surface area contributed by atoms with Crippen LogP contribution in [0.15, 0.2) is 48.8 Å². The van der Waals surface area contributed by atoms with Crippen LogP contribution < -0.4 is 0 Å². The van der Waals surface area contributed by atoms with E-state index in [1.165, 1.54) is 6.20 Å². The van der Waals surface area contributed by atoms with E-state index < -0.39 is 6.10 Å². The van der Waals surface area contributed by atoms with Gasteiger partial charge in [-0.3, -0.25) is 14.5 Å². The zero-order valence-electron chi connectivity index (χ0n) is 14.4. The lowest BCUT2D eigenvalue weighted by Crippen LogP contribution is -2.38. The number of benzene rings is 1. The Morgan fingerprint density at radius 3 is 2.69 bits per heavy atom. The lowest BCUT2D eigenvalue weighted by molar-refractivity contribution is 0.0699. The first kappa shape index (κ1) is 16.4. The van der Waals surface area contributed by atoms with E-state index in [9.17, 15) is 9.90 Å². The molecule has 0 saturated carbocycles. The van der Waals surface area contributed by atoms with Crippen molar-refractivity contribution < 1.29 is 9.90 Å². The minimum atomic E-state index is -0.776. The fourth-order valence-electron chi connectivity index (χ4n) is 3.07. The molecule has 132 valence electrons. The van der Waals surface area contributed by atoms with Gasteiger partial charge in [0.05, 0.1) is 36.4 Å². The van der Waals surface area contributed by atoms with Gasteiger partial charge in [0.15, 0.2) is 0 Å². The topological polar surface area (TPSA) is 84.1 Å². The normalized spacial score (nSPS) is 14.8. The number of aryl methyl sites for hydroxylation is 1. The molecule has 4 rings (SSSR count). The highest BCUT2D eigenvalue weighted by molar-refractivity contribution is 5.92. The molecule has 3 heterocycles. The third-order valence-corrected chi connectivity index (χ3v) is 4.50. The quantitative estimate of drug-likeness (QED) is 0.778. The molecule has 1 N–H and O–H groups in total. The van der Waals surface area contributed by atoms with Gasteiger partial charge in [-0.1, -0.05) is 30.3 Å². The first-order chi connectivity index (χ1) is 12.6. The van der Waals surface area contributed by atoms with Gasteiger partial charge in [-0.15, -0.1) is 0 Å². The maximum Gasteiger partial charge on any atom is 0.274 e. The van der Waals surface area contributed by atoms with Gasteiger partial charge in [-0.2, -0.15) is 5.10 Å². The van der Waals surface area contributed by atoms with Crippen molar-refractivity contribution in [3.05, 3.63) is 77.1 Å². The molecule has 1 aromatic carbocycles. The highest BCUT2D eigenvalue weighted by atomic mass is 16.3. The van der Waals surface area contributed by atoms with E-state index in [-0.39, 0.29) is 5.91 Å². The average molecular weight is 349 g/mol. The van der Waals surface area contributed by atoms with Crippen LogP contribution in [-0.4, -0.2) is 42.2 Å². The Balaban J connectivity index is 1.53. The van der Waals surface area contributed by atoms with Gasteiger partial charge in [-0.25, -0.2) is 4.98 Å². The number of carbonyl (C=O) groups is 1. The van der Waals surface area contributed by atoms with Gasteiger partial charge in [0.2, 0.25) is 0 Å². The van der Waals surface area contributed by atoms with Gasteiger partial charge in [0.1, 0.15) is 11.8 Å². The SMILES string of the molecule is Cc1cnc(C(=O)N2CCn3nc(C(O)c4ccccc4)cc3C2)cn1. The second kappa shape index (κ2) is 6.68. The molecule has 0 aliphatic carbocycles. The molecule has 0 spiro atoms. The van der Waals surface area contributed by atoms with Crippen LogP contribution in [0.5, 0.6) is 0 Å². The summed E-state index contributed by atoms with van der Waals surface area (Å²) >= 11 is 0. The van der Waals surface area contributed by atoms with Crippen molar-refractivity contribution >= 4 is 5.91 Å². The predicted molar refractivity (Wildman–Crippen MR) is 94.2 cm³/mol. The fraction of sp³-hybridized carbons (Fsp3) is 0.263. The van der Waals surface area contributed by atoms with E-state index in [1.54, 1.807) is 11.1 Å². The minimum Gasteiger partial charge on any atom is -0.382 e. The first-order valence-electron chi connectivity index (χ1n) is 8.49. The lowest BCUT2D eigenvalue weighted by atomic mass is 10.1. The summed E-state index contributed by atoms with van der Waals surface area (Å²) < 4.78 is 1.85. The van der Waals surface area contributed by atoms with Crippen molar-refractivity contribution in [1.29, 1.82) is 0 Å². The molecule has 1 unspecified atom stereocenters. The van der Waals surface area contributed by atoms with Crippen LogP contribution in [0.3, 0.4) is 0 Å². The number of carbonyl (C=O) groups excluding carboxylic acids is 1. The molecule has 26 heavy (non-hydrogen) atoms. The van der Waals surface area contributed by atoms with Crippen LogP contribution in [0.25, 0.3) is 0 Å². The van der Waals surface area contributed by atoms with Gasteiger partial charge in [0, 0.05) is 12.7 Å². The molecule has 2 aromatic heterocycles. The summed E-state index contributed by atoms with van der Waals surface area (Å²) in [5.74, 6) is -0.143. The number of aromatic nitrogens is 4. The molecule has 1 aliphatic heterocycles. The molecule has 7 heteroatoms. The smallest absolute Gasteiger partial charge is 0.274 e. The van der Waals surface area contributed by atoms with Crippen LogP contribution in [0.2, 0.25) is 0 Å². The van der Waals surface area contributed by atoms with Gasteiger partial charge in [0.25, 0.3) is 5.91 Å². The Morgan fingerprint density at radius 1 is 1.15 bits per heavy atom. The molecule has 7 nitrogen and oxygen atoms in total. The number of aliphatic hydroxyl groups excluding tert-OH is 1. The number of hydrogen-bond donors (Lipinski definition) is 1. The second-order valence-electron chi connectivity index (χ2n) is 6.37. The summed E-state index contributed by atoms with van der Waals surface area (Å²) in [4.78, 5) is 22.7. The van der Waals surface area contributed by atoms with Crippen LogP contribution in [0, 0.1) is 6.92 Å². The number of hydrogen-bond acceptors (Lipinski definition) is 5. The van der Waals surface area contributed by atoms with Crippen LogP contribution in [0.1, 0.15) is 39.2 Å². The third kappa shape index (κ3) is 3.09. The minimum absolute atomic E-state index is 0.143. The van der Waals surface area contributed by atoms with Crippen molar-refractivity contribution in [3.8, 4) is 0 Å². The molecule has 0 saturated heterocycles. The molecule has 1 aliphatic rings. The van der Waals surface area contributed by atoms with Gasteiger partial charge in [-0.05, 0) is 18.6 Å². The van der Waals surface area contributed by atoms with Gasteiger partial charge >= 0.3 is 0 Å². The van der Waals surface area contributed by atoms with Crippen molar-refractivity contribution in [2.24, 2.45) is 0 Å². The van der Waals surface area contributed by atoms with Gasteiger partial charge < -0.3 is 10.0 Å². The van der Waals surface area contributed by atoms with E-state index in [2.05, 4.69) is 15.1 Å². The molecular formula is C19H19N5O2. The summed E-state index contributed by atoms with van der Waals surface area (Å²) in [6.07, 6.45) is 2.32. The van der Waals surface area contributed by atoms with Crippen molar-refractivity contribution in [1.82, 2.24) is 24.6 Å². The van der Waals surface area contributed by atoms with Crippen molar-refractivity contribution in [2.45, 2.75) is 26.1 Å². The van der Waals surface area contributed by atoms with Crippen molar-refractivity contribution in [3.63, 3.8) is 0 Å².